The molecule has 1 aliphatic carbocycles. The number of nitrogens with zero attached hydrogens (tertiary/aromatic N) is 2. The molecule has 1 saturated heterocycles. The molecule has 2 aliphatic rings. The number of hydrogen-bond acceptors (Lipinski definition) is 4. The van der Waals surface area contributed by atoms with E-state index in [2.05, 4.69) is 4.99 Å². The molecule has 0 atom stereocenters. The minimum absolute atomic E-state index is 0.544. The summed E-state index contributed by atoms with van der Waals surface area (Å²) in [6, 6.07) is 2.35. The number of ether oxygens (including phenoxy) is 1. The van der Waals surface area contributed by atoms with E-state index in [4.69, 9.17) is 4.74 Å². The van der Waals surface area contributed by atoms with E-state index in [1.807, 2.05) is 4.90 Å². The van der Waals surface area contributed by atoms with Gasteiger partial charge < -0.3 is 9.64 Å². The summed E-state index contributed by atoms with van der Waals surface area (Å²) >= 11 is 0. The number of isocyanates is 1. The first kappa shape index (κ1) is 13.2. The lowest BCUT2D eigenvalue weighted by Gasteiger charge is -2.31. The maximum atomic E-state index is 13.6. The average Bonchev–Trinajstić information content (AvgIpc) is 3.23. The van der Waals surface area contributed by atoms with Gasteiger partial charge in [-0.2, -0.15) is 4.99 Å². The van der Waals surface area contributed by atoms with Gasteiger partial charge >= 0.3 is 0 Å². The fraction of sp³-hybridized carbons (Fsp3) is 0.500. The number of morpholine rings is 1. The predicted molar refractivity (Wildman–Crippen MR) is 68.4 cm³/mol. The van der Waals surface area contributed by atoms with Crippen LogP contribution in [0.2, 0.25) is 0 Å². The van der Waals surface area contributed by atoms with E-state index in [9.17, 15) is 13.6 Å². The largest absolute Gasteiger partial charge is 0.378 e. The number of carbonyl (C=O) groups excluding carboxylic acids is 1. The van der Waals surface area contributed by atoms with Gasteiger partial charge in [-0.3, -0.25) is 0 Å². The Kier molecular flexibility index (Phi) is 3.28. The van der Waals surface area contributed by atoms with E-state index in [1.165, 1.54) is 6.07 Å². The monoisotopic (exact) mass is 280 g/mol. The van der Waals surface area contributed by atoms with E-state index >= 15 is 0 Å². The van der Waals surface area contributed by atoms with Crippen molar-refractivity contribution in [2.24, 2.45) is 4.99 Å². The molecule has 0 amide bonds. The summed E-state index contributed by atoms with van der Waals surface area (Å²) < 4.78 is 32.4. The summed E-state index contributed by atoms with van der Waals surface area (Å²) in [5.41, 5.74) is 0.453. The Morgan fingerprint density at radius 3 is 2.45 bits per heavy atom. The normalized spacial score (nSPS) is 20.4. The molecule has 3 rings (SSSR count). The Morgan fingerprint density at radius 1 is 1.20 bits per heavy atom. The molecule has 1 heterocycles. The lowest BCUT2D eigenvalue weighted by Crippen LogP contribution is -2.37. The molecule has 1 saturated carbocycles. The van der Waals surface area contributed by atoms with Crippen LogP contribution >= 0.6 is 0 Å². The van der Waals surface area contributed by atoms with E-state index in [0.29, 0.717) is 50.4 Å². The highest BCUT2D eigenvalue weighted by Crippen LogP contribution is 2.52. The van der Waals surface area contributed by atoms with Crippen molar-refractivity contribution in [3.8, 4) is 0 Å². The number of halogens is 2. The third-order valence-electron chi connectivity index (χ3n) is 3.88. The summed E-state index contributed by atoms with van der Waals surface area (Å²) in [6.07, 6.45) is 2.86. The van der Waals surface area contributed by atoms with Gasteiger partial charge in [0.25, 0.3) is 0 Å². The topological polar surface area (TPSA) is 41.9 Å². The second kappa shape index (κ2) is 4.96. The molecule has 2 fully saturated rings. The van der Waals surface area contributed by atoms with Gasteiger partial charge in [0.1, 0.15) is 5.54 Å². The van der Waals surface area contributed by atoms with E-state index in [1.54, 1.807) is 6.08 Å². The Morgan fingerprint density at radius 2 is 1.85 bits per heavy atom. The molecule has 6 heteroatoms. The highest BCUT2D eigenvalue weighted by Gasteiger charge is 2.47. The predicted octanol–water partition coefficient (Wildman–Crippen LogP) is 2.13. The van der Waals surface area contributed by atoms with Crippen molar-refractivity contribution in [3.05, 3.63) is 29.3 Å². The second-order valence-corrected chi connectivity index (χ2v) is 5.12. The standard InChI is InChI=1S/C14H14F2N2O2/c15-11-7-10(14(1-2-14)17-9-19)13(8-12(11)16)18-3-5-20-6-4-18/h7-8H,1-6H2. The van der Waals surface area contributed by atoms with Gasteiger partial charge in [0.05, 0.1) is 13.2 Å². The maximum absolute atomic E-state index is 13.6. The lowest BCUT2D eigenvalue weighted by atomic mass is 10.0. The van der Waals surface area contributed by atoms with Crippen LogP contribution in [-0.4, -0.2) is 32.4 Å². The maximum Gasteiger partial charge on any atom is 0.235 e. The van der Waals surface area contributed by atoms with Crippen LogP contribution in [0, 0.1) is 11.6 Å². The molecule has 0 spiro atoms. The van der Waals surface area contributed by atoms with E-state index in [0.717, 1.165) is 6.07 Å². The van der Waals surface area contributed by atoms with Crippen LogP contribution in [0.15, 0.2) is 17.1 Å². The van der Waals surface area contributed by atoms with Crippen LogP contribution in [0.1, 0.15) is 18.4 Å². The Balaban J connectivity index is 2.07. The van der Waals surface area contributed by atoms with Crippen LogP contribution < -0.4 is 4.90 Å². The SMILES string of the molecule is O=C=NC1(c2cc(F)c(F)cc2N2CCOCC2)CC1. The number of aliphatic imine (C=N–C) groups is 1. The van der Waals surface area contributed by atoms with Gasteiger partial charge in [-0.05, 0) is 18.9 Å². The molecule has 0 aromatic heterocycles. The molecule has 0 radical (unpaired) electrons. The first-order valence-electron chi connectivity index (χ1n) is 6.57. The summed E-state index contributed by atoms with van der Waals surface area (Å²) in [4.78, 5) is 16.3. The van der Waals surface area contributed by atoms with E-state index < -0.39 is 17.2 Å². The minimum Gasteiger partial charge on any atom is -0.378 e. The molecular weight excluding hydrogens is 266 g/mol. The van der Waals surface area contributed by atoms with Gasteiger partial charge in [0.15, 0.2) is 11.6 Å². The zero-order valence-electron chi connectivity index (χ0n) is 10.9. The third kappa shape index (κ3) is 2.21. The number of rotatable bonds is 3. The molecule has 4 nitrogen and oxygen atoms in total. The summed E-state index contributed by atoms with van der Waals surface area (Å²) in [5.74, 6) is -1.80. The molecule has 106 valence electrons. The van der Waals surface area contributed by atoms with E-state index in [-0.39, 0.29) is 0 Å². The number of anilines is 1. The zero-order chi connectivity index (χ0) is 14.2. The Hall–Kier alpha value is -1.78. The van der Waals surface area contributed by atoms with Gasteiger partial charge in [0.2, 0.25) is 6.08 Å². The van der Waals surface area contributed by atoms with Gasteiger partial charge in [-0.1, -0.05) is 0 Å². The molecule has 0 bridgehead atoms. The molecule has 1 aliphatic heterocycles. The third-order valence-corrected chi connectivity index (χ3v) is 3.88. The van der Waals surface area contributed by atoms with Crippen molar-refractivity contribution in [2.45, 2.75) is 18.4 Å². The van der Waals surface area contributed by atoms with Crippen LogP contribution in [0.5, 0.6) is 0 Å². The van der Waals surface area contributed by atoms with Gasteiger partial charge in [-0.25, -0.2) is 13.6 Å². The van der Waals surface area contributed by atoms with Crippen LogP contribution in [0.25, 0.3) is 0 Å². The lowest BCUT2D eigenvalue weighted by molar-refractivity contribution is 0.122. The van der Waals surface area contributed by atoms with Crippen LogP contribution in [-0.2, 0) is 15.1 Å². The first-order chi connectivity index (χ1) is 9.66. The van der Waals surface area contributed by atoms with Crippen LogP contribution in [0.3, 0.4) is 0 Å². The quantitative estimate of drug-likeness (QED) is 0.629. The zero-order valence-corrected chi connectivity index (χ0v) is 10.9. The summed E-state index contributed by atoms with van der Waals surface area (Å²) in [6.45, 7) is 2.31. The highest BCUT2D eigenvalue weighted by molar-refractivity contribution is 5.60. The molecule has 20 heavy (non-hydrogen) atoms. The smallest absolute Gasteiger partial charge is 0.235 e. The molecule has 1 aromatic rings. The summed E-state index contributed by atoms with van der Waals surface area (Å²) in [7, 11) is 0. The molecular formula is C14H14F2N2O2. The van der Waals surface area contributed by atoms with Crippen LogP contribution in [0.4, 0.5) is 14.5 Å². The van der Waals surface area contributed by atoms with Gasteiger partial charge in [0, 0.05) is 30.4 Å². The number of hydrogen-bond donors (Lipinski definition) is 0. The van der Waals surface area contributed by atoms with Crippen molar-refractivity contribution in [1.82, 2.24) is 0 Å². The minimum atomic E-state index is -0.913. The molecule has 0 N–H and O–H groups in total. The number of benzene rings is 1. The fourth-order valence-electron chi connectivity index (χ4n) is 2.62. The average molecular weight is 280 g/mol. The van der Waals surface area contributed by atoms with Crippen molar-refractivity contribution in [1.29, 1.82) is 0 Å². The second-order valence-electron chi connectivity index (χ2n) is 5.12. The van der Waals surface area contributed by atoms with Crippen molar-refractivity contribution < 1.29 is 18.3 Å². The van der Waals surface area contributed by atoms with Crippen molar-refractivity contribution in [3.63, 3.8) is 0 Å². The summed E-state index contributed by atoms with van der Waals surface area (Å²) in [5, 5.41) is 0. The fourth-order valence-corrected chi connectivity index (χ4v) is 2.62. The van der Waals surface area contributed by atoms with Crippen molar-refractivity contribution in [2.75, 3.05) is 31.2 Å². The Labute approximate surface area is 115 Å². The van der Waals surface area contributed by atoms with Crippen molar-refractivity contribution >= 4 is 11.8 Å². The molecule has 0 unspecified atom stereocenters. The Bertz CT molecular complexity index is 575. The van der Waals surface area contributed by atoms with Gasteiger partial charge in [-0.15, -0.1) is 0 Å². The highest BCUT2D eigenvalue weighted by atomic mass is 19.2. The first-order valence-corrected chi connectivity index (χ1v) is 6.57. The molecule has 1 aromatic carbocycles.